The summed E-state index contributed by atoms with van der Waals surface area (Å²) in [5.74, 6) is -0.289. The molecule has 1 aliphatic rings. The second-order valence-corrected chi connectivity index (χ2v) is 4.31. The van der Waals surface area contributed by atoms with E-state index in [2.05, 4.69) is 0 Å². The Kier molecular flexibility index (Phi) is 3.29. The Morgan fingerprint density at radius 3 is 2.94 bits per heavy atom. The Bertz CT molecular complexity index is 373. The normalized spacial score (nSPS) is 25.4. The first-order valence-corrected chi connectivity index (χ1v) is 5.75. The van der Waals surface area contributed by atoms with Gasteiger partial charge in [0, 0.05) is 18.3 Å². The number of esters is 1. The molecule has 4 nitrogen and oxygen atoms in total. The van der Waals surface area contributed by atoms with Crippen molar-refractivity contribution in [1.82, 2.24) is 4.57 Å². The first-order valence-electron chi connectivity index (χ1n) is 5.75. The monoisotopic (exact) mass is 222 g/mol. The quantitative estimate of drug-likeness (QED) is 0.775. The number of ether oxygens (including phenoxy) is 1. The maximum Gasteiger partial charge on any atom is 0.354 e. The molecule has 1 aromatic heterocycles. The SMILES string of the molecule is COC(=O)c1cccn1C1CCCCC1N. The number of hydrogen-bond acceptors (Lipinski definition) is 3. The highest BCUT2D eigenvalue weighted by Crippen LogP contribution is 2.28. The van der Waals surface area contributed by atoms with Gasteiger partial charge in [0.1, 0.15) is 5.69 Å². The largest absolute Gasteiger partial charge is 0.464 e. The lowest BCUT2D eigenvalue weighted by molar-refractivity contribution is 0.0583. The van der Waals surface area contributed by atoms with Crippen LogP contribution in [0.4, 0.5) is 0 Å². The molecule has 2 unspecified atom stereocenters. The maximum atomic E-state index is 11.6. The second-order valence-electron chi connectivity index (χ2n) is 4.31. The van der Waals surface area contributed by atoms with Gasteiger partial charge in [0.25, 0.3) is 0 Å². The molecule has 0 saturated heterocycles. The molecule has 1 heterocycles. The van der Waals surface area contributed by atoms with Gasteiger partial charge in [-0.1, -0.05) is 12.8 Å². The lowest BCUT2D eigenvalue weighted by atomic mass is 9.91. The van der Waals surface area contributed by atoms with E-state index in [1.54, 1.807) is 6.07 Å². The Balaban J connectivity index is 2.25. The number of carbonyl (C=O) groups excluding carboxylic acids is 1. The zero-order valence-corrected chi connectivity index (χ0v) is 9.56. The maximum absolute atomic E-state index is 11.6. The topological polar surface area (TPSA) is 57.2 Å². The third-order valence-corrected chi connectivity index (χ3v) is 3.31. The van der Waals surface area contributed by atoms with Gasteiger partial charge in [0.15, 0.2) is 0 Å². The Labute approximate surface area is 95.4 Å². The number of hydrogen-bond donors (Lipinski definition) is 1. The standard InChI is InChI=1S/C12H18N2O2/c1-16-12(15)11-7-4-8-14(11)10-6-3-2-5-9(10)13/h4,7-10H,2-3,5-6,13H2,1H3. The first kappa shape index (κ1) is 11.2. The van der Waals surface area contributed by atoms with Gasteiger partial charge in [-0.25, -0.2) is 4.79 Å². The van der Waals surface area contributed by atoms with Gasteiger partial charge in [0.2, 0.25) is 0 Å². The van der Waals surface area contributed by atoms with E-state index < -0.39 is 0 Å². The van der Waals surface area contributed by atoms with Crippen LogP contribution in [0.5, 0.6) is 0 Å². The fraction of sp³-hybridized carbons (Fsp3) is 0.583. The minimum Gasteiger partial charge on any atom is -0.464 e. The zero-order valence-electron chi connectivity index (χ0n) is 9.56. The first-order chi connectivity index (χ1) is 7.74. The van der Waals surface area contributed by atoms with Gasteiger partial charge in [-0.2, -0.15) is 0 Å². The minimum atomic E-state index is -0.289. The van der Waals surface area contributed by atoms with Gasteiger partial charge in [0.05, 0.1) is 7.11 Å². The number of aromatic nitrogens is 1. The van der Waals surface area contributed by atoms with Crippen molar-refractivity contribution in [2.75, 3.05) is 7.11 Å². The lowest BCUT2D eigenvalue weighted by Gasteiger charge is -2.30. The number of methoxy groups -OCH3 is 1. The molecular formula is C12H18N2O2. The van der Waals surface area contributed by atoms with Crippen LogP contribution in [0.3, 0.4) is 0 Å². The van der Waals surface area contributed by atoms with E-state index in [1.165, 1.54) is 20.0 Å². The zero-order chi connectivity index (χ0) is 11.5. The summed E-state index contributed by atoms with van der Waals surface area (Å²) >= 11 is 0. The summed E-state index contributed by atoms with van der Waals surface area (Å²) in [4.78, 5) is 11.6. The highest BCUT2D eigenvalue weighted by atomic mass is 16.5. The van der Waals surface area contributed by atoms with Crippen molar-refractivity contribution in [2.45, 2.75) is 37.8 Å². The molecule has 1 aromatic rings. The Hall–Kier alpha value is -1.29. The van der Waals surface area contributed by atoms with Crippen molar-refractivity contribution in [2.24, 2.45) is 5.73 Å². The van der Waals surface area contributed by atoms with Crippen LogP contribution >= 0.6 is 0 Å². The van der Waals surface area contributed by atoms with Crippen molar-refractivity contribution in [1.29, 1.82) is 0 Å². The molecule has 16 heavy (non-hydrogen) atoms. The summed E-state index contributed by atoms with van der Waals surface area (Å²) in [6.45, 7) is 0. The van der Waals surface area contributed by atoms with Crippen LogP contribution in [-0.4, -0.2) is 23.7 Å². The summed E-state index contributed by atoms with van der Waals surface area (Å²) in [5.41, 5.74) is 6.71. The molecule has 0 aliphatic heterocycles. The Morgan fingerprint density at radius 1 is 1.50 bits per heavy atom. The molecule has 88 valence electrons. The van der Waals surface area contributed by atoms with Crippen LogP contribution in [0.1, 0.15) is 42.2 Å². The predicted molar refractivity (Wildman–Crippen MR) is 61.3 cm³/mol. The third kappa shape index (κ3) is 1.97. The molecule has 0 aromatic carbocycles. The van der Waals surface area contributed by atoms with Crippen molar-refractivity contribution < 1.29 is 9.53 Å². The third-order valence-electron chi connectivity index (χ3n) is 3.31. The molecule has 2 N–H and O–H groups in total. The number of nitrogens with zero attached hydrogens (tertiary/aromatic N) is 1. The van der Waals surface area contributed by atoms with Crippen molar-refractivity contribution in [3.8, 4) is 0 Å². The van der Waals surface area contributed by atoms with Crippen LogP contribution < -0.4 is 5.73 Å². The van der Waals surface area contributed by atoms with Crippen LogP contribution in [0, 0.1) is 0 Å². The van der Waals surface area contributed by atoms with Gasteiger partial charge in [-0.3, -0.25) is 0 Å². The molecule has 2 rings (SSSR count). The van der Waals surface area contributed by atoms with E-state index in [1.807, 2.05) is 16.8 Å². The highest BCUT2D eigenvalue weighted by Gasteiger charge is 2.26. The average molecular weight is 222 g/mol. The molecule has 0 amide bonds. The molecular weight excluding hydrogens is 204 g/mol. The lowest BCUT2D eigenvalue weighted by Crippen LogP contribution is -2.35. The van der Waals surface area contributed by atoms with Gasteiger partial charge in [-0.15, -0.1) is 0 Å². The molecule has 4 heteroatoms. The van der Waals surface area contributed by atoms with Crippen LogP contribution in [0.2, 0.25) is 0 Å². The van der Waals surface area contributed by atoms with Gasteiger partial charge in [-0.05, 0) is 25.0 Å². The molecule has 1 saturated carbocycles. The molecule has 1 fully saturated rings. The summed E-state index contributed by atoms with van der Waals surface area (Å²) in [7, 11) is 1.40. The van der Waals surface area contributed by atoms with E-state index >= 15 is 0 Å². The van der Waals surface area contributed by atoms with E-state index in [0.717, 1.165) is 12.8 Å². The fourth-order valence-corrected chi connectivity index (χ4v) is 2.45. The van der Waals surface area contributed by atoms with Gasteiger partial charge >= 0.3 is 5.97 Å². The number of carbonyl (C=O) groups is 1. The van der Waals surface area contributed by atoms with E-state index in [0.29, 0.717) is 5.69 Å². The number of rotatable bonds is 2. The van der Waals surface area contributed by atoms with Crippen molar-refractivity contribution >= 4 is 5.97 Å². The summed E-state index contributed by atoms with van der Waals surface area (Å²) < 4.78 is 6.73. The highest BCUT2D eigenvalue weighted by molar-refractivity contribution is 5.87. The van der Waals surface area contributed by atoms with Gasteiger partial charge < -0.3 is 15.0 Å². The summed E-state index contributed by atoms with van der Waals surface area (Å²) in [6.07, 6.45) is 6.36. The molecule has 0 spiro atoms. The van der Waals surface area contributed by atoms with Crippen LogP contribution in [0.25, 0.3) is 0 Å². The van der Waals surface area contributed by atoms with E-state index in [4.69, 9.17) is 10.5 Å². The second kappa shape index (κ2) is 4.70. The molecule has 2 atom stereocenters. The van der Waals surface area contributed by atoms with Crippen LogP contribution in [-0.2, 0) is 4.74 Å². The van der Waals surface area contributed by atoms with Crippen LogP contribution in [0.15, 0.2) is 18.3 Å². The fourth-order valence-electron chi connectivity index (χ4n) is 2.45. The van der Waals surface area contributed by atoms with Crippen molar-refractivity contribution in [3.63, 3.8) is 0 Å². The smallest absolute Gasteiger partial charge is 0.354 e. The van der Waals surface area contributed by atoms with Crippen molar-refractivity contribution in [3.05, 3.63) is 24.0 Å². The number of nitrogens with two attached hydrogens (primary N) is 1. The minimum absolute atomic E-state index is 0.143. The summed E-state index contributed by atoms with van der Waals surface area (Å²) in [5, 5.41) is 0. The van der Waals surface area contributed by atoms with E-state index in [9.17, 15) is 4.79 Å². The molecule has 0 bridgehead atoms. The Morgan fingerprint density at radius 2 is 2.25 bits per heavy atom. The molecule has 0 radical (unpaired) electrons. The van der Waals surface area contributed by atoms with E-state index in [-0.39, 0.29) is 18.1 Å². The summed E-state index contributed by atoms with van der Waals surface area (Å²) in [6, 6.07) is 4.03. The predicted octanol–water partition coefficient (Wildman–Crippen LogP) is 1.72. The molecule has 1 aliphatic carbocycles. The average Bonchev–Trinajstić information content (AvgIpc) is 2.77.